The zero-order chi connectivity index (χ0) is 20.8. The van der Waals surface area contributed by atoms with Crippen LogP contribution in [0.25, 0.3) is 0 Å². The summed E-state index contributed by atoms with van der Waals surface area (Å²) >= 11 is 0. The van der Waals surface area contributed by atoms with Crippen LogP contribution in [0, 0.1) is 13.8 Å². The minimum absolute atomic E-state index is 0.0150. The Morgan fingerprint density at radius 2 is 1.72 bits per heavy atom. The van der Waals surface area contributed by atoms with Crippen LogP contribution in [-0.2, 0) is 4.74 Å². The number of hydrogen-bond acceptors (Lipinski definition) is 6. The molecule has 1 aliphatic rings. The van der Waals surface area contributed by atoms with Gasteiger partial charge in [0.1, 0.15) is 0 Å². The van der Waals surface area contributed by atoms with Crippen LogP contribution in [-0.4, -0.2) is 52.6 Å². The van der Waals surface area contributed by atoms with E-state index in [9.17, 15) is 9.59 Å². The van der Waals surface area contributed by atoms with E-state index in [1.807, 2.05) is 26.0 Å². The van der Waals surface area contributed by atoms with Crippen LogP contribution >= 0.6 is 0 Å². The van der Waals surface area contributed by atoms with Crippen molar-refractivity contribution in [1.82, 2.24) is 20.2 Å². The third-order valence-electron chi connectivity index (χ3n) is 4.75. The second-order valence-electron chi connectivity index (χ2n) is 7.23. The molecule has 1 fully saturated rings. The number of ether oxygens (including phenoxy) is 1. The van der Waals surface area contributed by atoms with Crippen molar-refractivity contribution in [1.29, 1.82) is 0 Å². The summed E-state index contributed by atoms with van der Waals surface area (Å²) in [5.41, 5.74) is 3.62. The predicted molar refractivity (Wildman–Crippen MR) is 110 cm³/mol. The first-order chi connectivity index (χ1) is 13.9. The molecule has 8 heteroatoms. The first kappa shape index (κ1) is 20.6. The number of nitrogens with one attached hydrogen (secondary N) is 2. The molecule has 1 aromatic heterocycles. The summed E-state index contributed by atoms with van der Waals surface area (Å²) in [4.78, 5) is 34.4. The van der Waals surface area contributed by atoms with Crippen LogP contribution in [0.5, 0.6) is 0 Å². The smallest absolute Gasteiger partial charge is 0.409 e. The van der Waals surface area contributed by atoms with Crippen molar-refractivity contribution in [2.24, 2.45) is 0 Å². The molecule has 1 aliphatic heterocycles. The number of amides is 2. The summed E-state index contributed by atoms with van der Waals surface area (Å²) in [6.07, 6.45) is 4.12. The van der Waals surface area contributed by atoms with Gasteiger partial charge in [0.2, 0.25) is 5.95 Å². The van der Waals surface area contributed by atoms with Gasteiger partial charge in [-0.3, -0.25) is 4.79 Å². The number of carbonyl (C=O) groups excluding carboxylic acids is 2. The van der Waals surface area contributed by atoms with E-state index in [4.69, 9.17) is 4.74 Å². The molecule has 2 aromatic rings. The monoisotopic (exact) mass is 397 g/mol. The van der Waals surface area contributed by atoms with Crippen LogP contribution in [0.1, 0.15) is 41.3 Å². The lowest BCUT2D eigenvalue weighted by Crippen LogP contribution is -2.46. The van der Waals surface area contributed by atoms with Gasteiger partial charge in [0.15, 0.2) is 0 Å². The van der Waals surface area contributed by atoms with Gasteiger partial charge in [-0.05, 0) is 56.9 Å². The lowest BCUT2D eigenvalue weighted by Gasteiger charge is -2.31. The summed E-state index contributed by atoms with van der Waals surface area (Å²) in [5.74, 6) is 0.229. The normalized spacial score (nSPS) is 14.4. The molecule has 0 spiro atoms. The number of hydrogen-bond donors (Lipinski definition) is 2. The molecule has 1 saturated heterocycles. The highest BCUT2D eigenvalue weighted by atomic mass is 16.6. The number of aromatic nitrogens is 2. The summed E-state index contributed by atoms with van der Waals surface area (Å²) in [6, 6.07) is 6.14. The number of carbonyl (C=O) groups is 2. The third kappa shape index (κ3) is 5.66. The van der Waals surface area contributed by atoms with Crippen LogP contribution in [0.15, 0.2) is 30.6 Å². The molecule has 3 rings (SSSR count). The van der Waals surface area contributed by atoms with Crippen LogP contribution in [0.2, 0.25) is 0 Å². The van der Waals surface area contributed by atoms with Gasteiger partial charge >= 0.3 is 6.09 Å². The van der Waals surface area contributed by atoms with E-state index in [2.05, 4.69) is 26.7 Å². The molecule has 0 aliphatic carbocycles. The second kappa shape index (κ2) is 9.36. The van der Waals surface area contributed by atoms with Gasteiger partial charge in [-0.25, -0.2) is 14.8 Å². The largest absolute Gasteiger partial charge is 0.450 e. The standard InChI is InChI=1S/C21H27N5O3/c1-4-29-21(28)26-7-5-17(6-8-26)24-19(27)16-12-22-20(23-13-16)25-18-10-14(2)9-15(3)11-18/h9-13,17H,4-8H2,1-3H3,(H,24,27)(H,22,23,25). The number of anilines is 2. The van der Waals surface area contributed by atoms with E-state index >= 15 is 0 Å². The van der Waals surface area contributed by atoms with E-state index < -0.39 is 0 Å². The topological polar surface area (TPSA) is 96.5 Å². The molecule has 2 amide bonds. The number of aryl methyl sites for hydroxylation is 2. The van der Waals surface area contributed by atoms with Crippen molar-refractivity contribution in [3.63, 3.8) is 0 Å². The molecule has 8 nitrogen and oxygen atoms in total. The average molecular weight is 397 g/mol. The van der Waals surface area contributed by atoms with E-state index in [0.717, 1.165) is 16.8 Å². The highest BCUT2D eigenvalue weighted by molar-refractivity contribution is 5.93. The van der Waals surface area contributed by atoms with Crippen molar-refractivity contribution in [3.8, 4) is 0 Å². The van der Waals surface area contributed by atoms with Crippen molar-refractivity contribution in [3.05, 3.63) is 47.3 Å². The fourth-order valence-corrected chi connectivity index (χ4v) is 3.38. The van der Waals surface area contributed by atoms with Gasteiger partial charge in [0.25, 0.3) is 5.91 Å². The third-order valence-corrected chi connectivity index (χ3v) is 4.75. The van der Waals surface area contributed by atoms with Gasteiger partial charge in [0, 0.05) is 37.2 Å². The molecule has 0 saturated carbocycles. The Balaban J connectivity index is 1.52. The van der Waals surface area contributed by atoms with Crippen LogP contribution < -0.4 is 10.6 Å². The van der Waals surface area contributed by atoms with Crippen molar-refractivity contribution in [2.75, 3.05) is 25.0 Å². The van der Waals surface area contributed by atoms with Crippen molar-refractivity contribution >= 4 is 23.6 Å². The molecule has 0 atom stereocenters. The molecule has 0 unspecified atom stereocenters. The van der Waals surface area contributed by atoms with Gasteiger partial charge in [-0.1, -0.05) is 6.07 Å². The first-order valence-electron chi connectivity index (χ1n) is 9.84. The maximum absolute atomic E-state index is 12.5. The fourth-order valence-electron chi connectivity index (χ4n) is 3.38. The molecule has 0 bridgehead atoms. The molecule has 1 aromatic carbocycles. The molecule has 29 heavy (non-hydrogen) atoms. The number of piperidine rings is 1. The van der Waals surface area contributed by atoms with Gasteiger partial charge in [-0.2, -0.15) is 0 Å². The number of likely N-dealkylation sites (tertiary alicyclic amines) is 1. The average Bonchev–Trinajstić information content (AvgIpc) is 2.68. The zero-order valence-corrected chi connectivity index (χ0v) is 17.1. The maximum atomic E-state index is 12.5. The summed E-state index contributed by atoms with van der Waals surface area (Å²) < 4.78 is 5.01. The molecule has 0 radical (unpaired) electrons. The SMILES string of the molecule is CCOC(=O)N1CCC(NC(=O)c2cnc(Nc3cc(C)cc(C)c3)nc2)CC1. The Morgan fingerprint density at radius 1 is 1.10 bits per heavy atom. The maximum Gasteiger partial charge on any atom is 0.409 e. The summed E-state index contributed by atoms with van der Waals surface area (Å²) in [6.45, 7) is 7.35. The zero-order valence-electron chi connectivity index (χ0n) is 17.1. The summed E-state index contributed by atoms with van der Waals surface area (Å²) in [5, 5.41) is 6.15. The molecular formula is C21H27N5O3. The number of benzene rings is 1. The predicted octanol–water partition coefficient (Wildman–Crippen LogP) is 3.19. The van der Waals surface area contributed by atoms with E-state index in [-0.39, 0.29) is 18.0 Å². The number of rotatable bonds is 5. The van der Waals surface area contributed by atoms with E-state index in [1.165, 1.54) is 12.4 Å². The Hall–Kier alpha value is -3.16. The molecule has 154 valence electrons. The minimum atomic E-state index is -0.294. The molecule has 2 heterocycles. The quantitative estimate of drug-likeness (QED) is 0.804. The Morgan fingerprint density at radius 3 is 2.31 bits per heavy atom. The van der Waals surface area contributed by atoms with Crippen molar-refractivity contribution in [2.45, 2.75) is 39.7 Å². The van der Waals surface area contributed by atoms with Gasteiger partial charge < -0.3 is 20.3 Å². The first-order valence-corrected chi connectivity index (χ1v) is 9.84. The number of nitrogens with zero attached hydrogens (tertiary/aromatic N) is 3. The van der Waals surface area contributed by atoms with Crippen LogP contribution in [0.4, 0.5) is 16.4 Å². The Kier molecular flexibility index (Phi) is 6.64. The summed E-state index contributed by atoms with van der Waals surface area (Å²) in [7, 11) is 0. The molecular weight excluding hydrogens is 370 g/mol. The molecule has 2 N–H and O–H groups in total. The van der Waals surface area contributed by atoms with E-state index in [1.54, 1.807) is 11.8 Å². The minimum Gasteiger partial charge on any atom is -0.450 e. The van der Waals surface area contributed by atoms with E-state index in [0.29, 0.717) is 44.0 Å². The second-order valence-corrected chi connectivity index (χ2v) is 7.23. The lowest BCUT2D eigenvalue weighted by atomic mass is 10.1. The lowest BCUT2D eigenvalue weighted by molar-refractivity contribution is 0.0859. The highest BCUT2D eigenvalue weighted by Crippen LogP contribution is 2.17. The van der Waals surface area contributed by atoms with Crippen molar-refractivity contribution < 1.29 is 14.3 Å². The van der Waals surface area contributed by atoms with Gasteiger partial charge in [0.05, 0.1) is 12.2 Å². The highest BCUT2D eigenvalue weighted by Gasteiger charge is 2.25. The van der Waals surface area contributed by atoms with Gasteiger partial charge in [-0.15, -0.1) is 0 Å². The Bertz CT molecular complexity index is 841. The van der Waals surface area contributed by atoms with Crippen LogP contribution in [0.3, 0.4) is 0 Å². The fraction of sp³-hybridized carbons (Fsp3) is 0.429. The Labute approximate surface area is 170 Å².